The number of hydrogen-bond donors (Lipinski definition) is 1. The van der Waals surface area contributed by atoms with Crippen LogP contribution in [0.4, 0.5) is 8.78 Å². The fourth-order valence-corrected chi connectivity index (χ4v) is 1.54. The lowest BCUT2D eigenvalue weighted by atomic mass is 9.98. The van der Waals surface area contributed by atoms with Gasteiger partial charge < -0.3 is 10.5 Å². The van der Waals surface area contributed by atoms with Gasteiger partial charge in [-0.15, -0.1) is 0 Å². The van der Waals surface area contributed by atoms with E-state index in [1.807, 2.05) is 0 Å². The van der Waals surface area contributed by atoms with Crippen molar-refractivity contribution in [3.05, 3.63) is 34.4 Å². The molecular weight excluding hydrogens is 242 g/mol. The van der Waals surface area contributed by atoms with E-state index in [1.165, 1.54) is 12.1 Å². The summed E-state index contributed by atoms with van der Waals surface area (Å²) >= 11 is 0. The van der Waals surface area contributed by atoms with E-state index < -0.39 is 18.0 Å². The molecule has 0 aliphatic heterocycles. The highest BCUT2D eigenvalue weighted by Crippen LogP contribution is 2.28. The Morgan fingerprint density at radius 1 is 1.56 bits per heavy atom. The highest BCUT2D eigenvalue weighted by Gasteiger charge is 2.24. The van der Waals surface area contributed by atoms with E-state index in [1.54, 1.807) is 13.0 Å². The standard InChI is InChI=1S/C12H12F2N2O2/c1-2-18-12(17)9-4-7(5-15)3-8(6-16)10(9)11(13)14/h3-4,11H,2,5,15H2,1H3. The number of nitriles is 1. The van der Waals surface area contributed by atoms with Crippen LogP contribution in [0.15, 0.2) is 12.1 Å². The number of nitrogens with zero attached hydrogens (tertiary/aromatic N) is 1. The zero-order valence-electron chi connectivity index (χ0n) is 9.74. The summed E-state index contributed by atoms with van der Waals surface area (Å²) in [6.07, 6.45) is -2.93. The number of halogens is 2. The fourth-order valence-electron chi connectivity index (χ4n) is 1.54. The first-order valence-electron chi connectivity index (χ1n) is 5.27. The number of nitrogens with two attached hydrogens (primary N) is 1. The van der Waals surface area contributed by atoms with E-state index in [2.05, 4.69) is 0 Å². The highest BCUT2D eigenvalue weighted by atomic mass is 19.3. The van der Waals surface area contributed by atoms with E-state index in [9.17, 15) is 13.6 Å². The van der Waals surface area contributed by atoms with Crippen LogP contribution >= 0.6 is 0 Å². The summed E-state index contributed by atoms with van der Waals surface area (Å²) < 4.78 is 30.5. The normalized spacial score (nSPS) is 10.2. The van der Waals surface area contributed by atoms with Crippen molar-refractivity contribution >= 4 is 5.97 Å². The van der Waals surface area contributed by atoms with Crippen LogP contribution in [0, 0.1) is 11.3 Å². The van der Waals surface area contributed by atoms with Crippen LogP contribution in [0.5, 0.6) is 0 Å². The predicted molar refractivity (Wildman–Crippen MR) is 60.0 cm³/mol. The first kappa shape index (κ1) is 14.1. The van der Waals surface area contributed by atoms with Crippen molar-refractivity contribution in [2.24, 2.45) is 5.73 Å². The molecule has 1 aromatic rings. The minimum absolute atomic E-state index is 0.0462. The number of benzene rings is 1. The second-order valence-corrected chi connectivity index (χ2v) is 3.44. The summed E-state index contributed by atoms with van der Waals surface area (Å²) in [5, 5.41) is 8.85. The Morgan fingerprint density at radius 2 is 2.22 bits per heavy atom. The maximum atomic E-state index is 12.9. The first-order chi connectivity index (χ1) is 8.54. The molecule has 0 fully saturated rings. The minimum Gasteiger partial charge on any atom is -0.462 e. The summed E-state index contributed by atoms with van der Waals surface area (Å²) in [7, 11) is 0. The predicted octanol–water partition coefficient (Wildman–Crippen LogP) is 2.13. The fraction of sp³-hybridized carbons (Fsp3) is 0.333. The lowest BCUT2D eigenvalue weighted by Gasteiger charge is -2.11. The van der Waals surface area contributed by atoms with Crippen molar-refractivity contribution in [2.75, 3.05) is 6.61 Å². The van der Waals surface area contributed by atoms with Crippen molar-refractivity contribution in [3.63, 3.8) is 0 Å². The Kier molecular flexibility index (Phi) is 4.75. The van der Waals surface area contributed by atoms with E-state index >= 15 is 0 Å². The van der Waals surface area contributed by atoms with Gasteiger partial charge in [-0.2, -0.15) is 5.26 Å². The number of rotatable bonds is 4. The maximum Gasteiger partial charge on any atom is 0.338 e. The summed E-state index contributed by atoms with van der Waals surface area (Å²) in [4.78, 5) is 11.6. The maximum absolute atomic E-state index is 12.9. The Labute approximate surface area is 103 Å². The van der Waals surface area contributed by atoms with Crippen LogP contribution in [0.2, 0.25) is 0 Å². The van der Waals surface area contributed by atoms with Gasteiger partial charge in [0.25, 0.3) is 6.43 Å². The van der Waals surface area contributed by atoms with Crippen LogP contribution in [-0.4, -0.2) is 12.6 Å². The monoisotopic (exact) mass is 254 g/mol. The number of ether oxygens (including phenoxy) is 1. The average molecular weight is 254 g/mol. The average Bonchev–Trinajstić information content (AvgIpc) is 2.36. The van der Waals surface area contributed by atoms with Gasteiger partial charge in [-0.3, -0.25) is 0 Å². The largest absolute Gasteiger partial charge is 0.462 e. The van der Waals surface area contributed by atoms with Crippen molar-refractivity contribution in [1.29, 1.82) is 5.26 Å². The van der Waals surface area contributed by atoms with Crippen LogP contribution in [0.25, 0.3) is 0 Å². The van der Waals surface area contributed by atoms with Gasteiger partial charge in [-0.25, -0.2) is 13.6 Å². The molecule has 0 aromatic heterocycles. The van der Waals surface area contributed by atoms with Gasteiger partial charge >= 0.3 is 5.97 Å². The Hall–Kier alpha value is -2.00. The van der Waals surface area contributed by atoms with Gasteiger partial charge in [0.15, 0.2) is 0 Å². The molecule has 2 N–H and O–H groups in total. The topological polar surface area (TPSA) is 76.1 Å². The quantitative estimate of drug-likeness (QED) is 0.835. The Morgan fingerprint density at radius 3 is 2.67 bits per heavy atom. The zero-order valence-corrected chi connectivity index (χ0v) is 9.74. The van der Waals surface area contributed by atoms with Crippen molar-refractivity contribution in [1.82, 2.24) is 0 Å². The summed E-state index contributed by atoms with van der Waals surface area (Å²) in [5.74, 6) is -0.875. The van der Waals surface area contributed by atoms with E-state index in [0.717, 1.165) is 0 Å². The van der Waals surface area contributed by atoms with Gasteiger partial charge in [0.1, 0.15) is 0 Å². The van der Waals surface area contributed by atoms with Gasteiger partial charge in [-0.05, 0) is 24.6 Å². The van der Waals surface area contributed by atoms with Crippen LogP contribution in [0.1, 0.15) is 40.4 Å². The van der Waals surface area contributed by atoms with Crippen molar-refractivity contribution in [2.45, 2.75) is 19.9 Å². The first-order valence-corrected chi connectivity index (χ1v) is 5.27. The summed E-state index contributed by atoms with van der Waals surface area (Å²) in [6, 6.07) is 4.14. The summed E-state index contributed by atoms with van der Waals surface area (Å²) in [6.45, 7) is 1.68. The highest BCUT2D eigenvalue weighted by molar-refractivity contribution is 5.92. The second kappa shape index (κ2) is 6.07. The molecule has 0 radical (unpaired) electrons. The molecule has 18 heavy (non-hydrogen) atoms. The molecular formula is C12H12F2N2O2. The van der Waals surface area contributed by atoms with E-state index in [0.29, 0.717) is 5.56 Å². The smallest absolute Gasteiger partial charge is 0.338 e. The molecule has 4 nitrogen and oxygen atoms in total. The molecule has 0 aliphatic rings. The SMILES string of the molecule is CCOC(=O)c1cc(CN)cc(C#N)c1C(F)F. The number of carbonyl (C=O) groups is 1. The molecule has 0 unspecified atom stereocenters. The molecule has 96 valence electrons. The Bertz CT molecular complexity index is 496. The number of alkyl halides is 2. The van der Waals surface area contributed by atoms with Gasteiger partial charge in [0.05, 0.1) is 23.8 Å². The molecule has 0 atom stereocenters. The van der Waals surface area contributed by atoms with E-state index in [-0.39, 0.29) is 24.3 Å². The minimum atomic E-state index is -2.93. The van der Waals surface area contributed by atoms with E-state index in [4.69, 9.17) is 15.7 Å². The molecule has 0 amide bonds. The lowest BCUT2D eigenvalue weighted by Crippen LogP contribution is -2.12. The molecule has 0 heterocycles. The number of carbonyl (C=O) groups excluding carboxylic acids is 1. The molecule has 0 saturated heterocycles. The van der Waals surface area contributed by atoms with Crippen LogP contribution < -0.4 is 5.73 Å². The third-order valence-corrected chi connectivity index (χ3v) is 2.31. The molecule has 1 aromatic carbocycles. The van der Waals surface area contributed by atoms with Gasteiger partial charge in [0.2, 0.25) is 0 Å². The second-order valence-electron chi connectivity index (χ2n) is 3.44. The number of hydrogen-bond acceptors (Lipinski definition) is 4. The summed E-state index contributed by atoms with van der Waals surface area (Å²) in [5.41, 5.74) is 4.67. The molecule has 0 aliphatic carbocycles. The van der Waals surface area contributed by atoms with Gasteiger partial charge in [0, 0.05) is 12.1 Å². The van der Waals surface area contributed by atoms with Crippen LogP contribution in [-0.2, 0) is 11.3 Å². The number of esters is 1. The third kappa shape index (κ3) is 2.81. The molecule has 0 bridgehead atoms. The molecule has 1 rings (SSSR count). The Balaban J connectivity index is 3.45. The molecule has 0 saturated carbocycles. The molecule has 6 heteroatoms. The molecule has 0 spiro atoms. The van der Waals surface area contributed by atoms with Gasteiger partial charge in [-0.1, -0.05) is 0 Å². The van der Waals surface area contributed by atoms with Crippen molar-refractivity contribution in [3.8, 4) is 6.07 Å². The van der Waals surface area contributed by atoms with Crippen molar-refractivity contribution < 1.29 is 18.3 Å². The zero-order chi connectivity index (χ0) is 13.7. The lowest BCUT2D eigenvalue weighted by molar-refractivity contribution is 0.0515. The van der Waals surface area contributed by atoms with Crippen LogP contribution in [0.3, 0.4) is 0 Å². The third-order valence-electron chi connectivity index (χ3n) is 2.31.